The lowest BCUT2D eigenvalue weighted by Gasteiger charge is -2.31. The molecular weight excluding hydrogens is 200 g/mol. The second kappa shape index (κ2) is 3.37. The largest absolute Gasteiger partial charge is 0.392 e. The fraction of sp³-hybridized carbons (Fsp3) is 0.400. The van der Waals surface area contributed by atoms with Crippen LogP contribution in [-0.4, -0.2) is 24.9 Å². The van der Waals surface area contributed by atoms with E-state index in [0.717, 1.165) is 0 Å². The van der Waals surface area contributed by atoms with Crippen molar-refractivity contribution in [3.63, 3.8) is 0 Å². The molecule has 0 aliphatic heterocycles. The van der Waals surface area contributed by atoms with Crippen molar-refractivity contribution in [1.29, 1.82) is 0 Å². The molecule has 0 saturated heterocycles. The summed E-state index contributed by atoms with van der Waals surface area (Å²) in [5.41, 5.74) is 0. The summed E-state index contributed by atoms with van der Waals surface area (Å²) < 4.78 is 23.7. The average Bonchev–Trinajstić information content (AvgIpc) is 2.16. The molecule has 0 aromatic heterocycles. The van der Waals surface area contributed by atoms with Gasteiger partial charge in [-0.05, 0) is 25.0 Å². The van der Waals surface area contributed by atoms with Crippen LogP contribution >= 0.6 is 0 Å². The number of aliphatic hydroxyl groups excluding tert-OH is 1. The molecule has 0 amide bonds. The minimum absolute atomic E-state index is 0.309. The summed E-state index contributed by atoms with van der Waals surface area (Å²) in [4.78, 5) is 0.309. The van der Waals surface area contributed by atoms with E-state index in [2.05, 4.69) is 0 Å². The van der Waals surface area contributed by atoms with E-state index in [4.69, 9.17) is 0 Å². The lowest BCUT2D eigenvalue weighted by Crippen LogP contribution is -2.42. The molecule has 1 aromatic carbocycles. The van der Waals surface area contributed by atoms with E-state index in [1.165, 1.54) is 0 Å². The molecule has 4 heteroatoms. The number of sulfone groups is 1. The summed E-state index contributed by atoms with van der Waals surface area (Å²) in [6.07, 6.45) is 0.481. The molecule has 76 valence electrons. The van der Waals surface area contributed by atoms with Gasteiger partial charge in [0.1, 0.15) is 0 Å². The van der Waals surface area contributed by atoms with E-state index in [1.807, 2.05) is 0 Å². The highest BCUT2D eigenvalue weighted by Crippen LogP contribution is 2.31. The van der Waals surface area contributed by atoms with Crippen LogP contribution < -0.4 is 0 Å². The molecule has 1 aliphatic rings. The van der Waals surface area contributed by atoms with Crippen LogP contribution in [0.1, 0.15) is 12.8 Å². The van der Waals surface area contributed by atoms with Gasteiger partial charge in [-0.2, -0.15) is 0 Å². The first-order valence-corrected chi connectivity index (χ1v) is 6.14. The smallest absolute Gasteiger partial charge is 0.183 e. The Labute approximate surface area is 83.3 Å². The Bertz CT molecular complexity index is 410. The summed E-state index contributed by atoms with van der Waals surface area (Å²) in [5.74, 6) is 0. The van der Waals surface area contributed by atoms with Crippen molar-refractivity contribution in [2.24, 2.45) is 0 Å². The Morgan fingerprint density at radius 1 is 1.14 bits per heavy atom. The minimum Gasteiger partial charge on any atom is -0.392 e. The Kier molecular flexibility index (Phi) is 2.33. The normalized spacial score (nSPS) is 26.9. The maximum atomic E-state index is 11.9. The molecule has 1 fully saturated rings. The van der Waals surface area contributed by atoms with Crippen LogP contribution in [0.2, 0.25) is 0 Å². The summed E-state index contributed by atoms with van der Waals surface area (Å²) in [7, 11) is -3.30. The SMILES string of the molecule is O=S(=O)(c1ccccc1)C1CCC1O. The molecule has 1 saturated carbocycles. The maximum Gasteiger partial charge on any atom is 0.183 e. The third-order valence-corrected chi connectivity index (χ3v) is 4.92. The van der Waals surface area contributed by atoms with Gasteiger partial charge in [0.25, 0.3) is 0 Å². The van der Waals surface area contributed by atoms with Crippen LogP contribution in [0, 0.1) is 0 Å². The van der Waals surface area contributed by atoms with Crippen LogP contribution in [0.4, 0.5) is 0 Å². The Balaban J connectivity index is 2.34. The standard InChI is InChI=1S/C10H12O3S/c11-9-6-7-10(9)14(12,13)8-4-2-1-3-5-8/h1-5,9-11H,6-7H2. The second-order valence-corrected chi connectivity index (χ2v) is 5.71. The van der Waals surface area contributed by atoms with Crippen LogP contribution in [0.3, 0.4) is 0 Å². The van der Waals surface area contributed by atoms with Gasteiger partial charge in [0.2, 0.25) is 0 Å². The molecule has 3 nitrogen and oxygen atoms in total. The van der Waals surface area contributed by atoms with E-state index in [1.54, 1.807) is 30.3 Å². The summed E-state index contributed by atoms with van der Waals surface area (Å²) in [6, 6.07) is 8.30. The average molecular weight is 212 g/mol. The predicted octanol–water partition coefficient (Wildman–Crippen LogP) is 0.984. The zero-order valence-corrected chi connectivity index (χ0v) is 8.44. The molecule has 0 radical (unpaired) electrons. The molecule has 1 aromatic rings. The van der Waals surface area contributed by atoms with E-state index in [9.17, 15) is 13.5 Å². The summed E-state index contributed by atoms with van der Waals surface area (Å²) in [5, 5.41) is 8.73. The molecule has 1 aliphatic carbocycles. The van der Waals surface area contributed by atoms with Gasteiger partial charge in [0.05, 0.1) is 16.2 Å². The van der Waals surface area contributed by atoms with Gasteiger partial charge in [0.15, 0.2) is 9.84 Å². The molecule has 0 bridgehead atoms. The molecule has 0 spiro atoms. The number of rotatable bonds is 2. The van der Waals surface area contributed by atoms with Gasteiger partial charge in [-0.3, -0.25) is 0 Å². The van der Waals surface area contributed by atoms with Crippen molar-refractivity contribution < 1.29 is 13.5 Å². The highest BCUT2D eigenvalue weighted by Gasteiger charge is 2.40. The molecular formula is C10H12O3S. The lowest BCUT2D eigenvalue weighted by molar-refractivity contribution is 0.0991. The third kappa shape index (κ3) is 1.44. The molecule has 2 atom stereocenters. The van der Waals surface area contributed by atoms with Crippen LogP contribution in [0.15, 0.2) is 35.2 Å². The van der Waals surface area contributed by atoms with Crippen molar-refractivity contribution in [3.05, 3.63) is 30.3 Å². The van der Waals surface area contributed by atoms with Gasteiger partial charge in [-0.25, -0.2) is 8.42 Å². The Hall–Kier alpha value is -0.870. The topological polar surface area (TPSA) is 54.4 Å². The second-order valence-electron chi connectivity index (χ2n) is 3.54. The van der Waals surface area contributed by atoms with E-state index < -0.39 is 21.2 Å². The molecule has 0 heterocycles. The van der Waals surface area contributed by atoms with Crippen LogP contribution in [0.5, 0.6) is 0 Å². The number of aliphatic hydroxyl groups is 1. The van der Waals surface area contributed by atoms with E-state index in [0.29, 0.717) is 17.7 Å². The van der Waals surface area contributed by atoms with Crippen molar-refractivity contribution in [3.8, 4) is 0 Å². The molecule has 2 unspecified atom stereocenters. The zero-order chi connectivity index (χ0) is 10.2. The van der Waals surface area contributed by atoms with Crippen LogP contribution in [0.25, 0.3) is 0 Å². The van der Waals surface area contributed by atoms with Gasteiger partial charge >= 0.3 is 0 Å². The lowest BCUT2D eigenvalue weighted by atomic mass is 9.96. The zero-order valence-electron chi connectivity index (χ0n) is 7.63. The fourth-order valence-electron chi connectivity index (χ4n) is 1.60. The van der Waals surface area contributed by atoms with Gasteiger partial charge in [-0.1, -0.05) is 18.2 Å². The first kappa shape index (κ1) is 9.68. The van der Waals surface area contributed by atoms with Crippen LogP contribution in [-0.2, 0) is 9.84 Å². The molecule has 14 heavy (non-hydrogen) atoms. The highest BCUT2D eigenvalue weighted by molar-refractivity contribution is 7.92. The number of hydrogen-bond acceptors (Lipinski definition) is 3. The van der Waals surface area contributed by atoms with Gasteiger partial charge in [0, 0.05) is 0 Å². The van der Waals surface area contributed by atoms with E-state index >= 15 is 0 Å². The Morgan fingerprint density at radius 3 is 2.21 bits per heavy atom. The van der Waals surface area contributed by atoms with Gasteiger partial charge < -0.3 is 5.11 Å². The monoisotopic (exact) mass is 212 g/mol. The predicted molar refractivity (Wildman–Crippen MR) is 52.7 cm³/mol. The first-order chi connectivity index (χ1) is 6.62. The summed E-state index contributed by atoms with van der Waals surface area (Å²) in [6.45, 7) is 0. The van der Waals surface area contributed by atoms with Crippen molar-refractivity contribution in [2.45, 2.75) is 29.1 Å². The molecule has 2 rings (SSSR count). The minimum atomic E-state index is -3.30. The third-order valence-electron chi connectivity index (χ3n) is 2.65. The number of hydrogen-bond donors (Lipinski definition) is 1. The summed E-state index contributed by atoms with van der Waals surface area (Å²) >= 11 is 0. The maximum absolute atomic E-state index is 11.9. The quantitative estimate of drug-likeness (QED) is 0.795. The van der Waals surface area contributed by atoms with Crippen molar-refractivity contribution >= 4 is 9.84 Å². The van der Waals surface area contributed by atoms with Crippen molar-refractivity contribution in [2.75, 3.05) is 0 Å². The van der Waals surface area contributed by atoms with E-state index in [-0.39, 0.29) is 0 Å². The number of benzene rings is 1. The highest BCUT2D eigenvalue weighted by atomic mass is 32.2. The first-order valence-electron chi connectivity index (χ1n) is 4.59. The van der Waals surface area contributed by atoms with Gasteiger partial charge in [-0.15, -0.1) is 0 Å². The fourth-order valence-corrected chi connectivity index (χ4v) is 3.48. The molecule has 1 N–H and O–H groups in total. The Morgan fingerprint density at radius 2 is 1.79 bits per heavy atom. The van der Waals surface area contributed by atoms with Crippen molar-refractivity contribution in [1.82, 2.24) is 0 Å².